The summed E-state index contributed by atoms with van der Waals surface area (Å²) in [6.45, 7) is 2.20. The van der Waals surface area contributed by atoms with Crippen LogP contribution in [0.4, 0.5) is 0 Å². The first-order valence-electron chi connectivity index (χ1n) is 12.6. The van der Waals surface area contributed by atoms with Crippen LogP contribution in [0.1, 0.15) is 44.7 Å². The van der Waals surface area contributed by atoms with Crippen molar-refractivity contribution in [1.29, 1.82) is 0 Å². The molecule has 16 nitrogen and oxygen atoms in total. The third-order valence-corrected chi connectivity index (χ3v) is 6.53. The van der Waals surface area contributed by atoms with Crippen LogP contribution >= 0.6 is 11.8 Å². The van der Waals surface area contributed by atoms with Crippen LogP contribution in [0, 0.1) is 4.91 Å². The van der Waals surface area contributed by atoms with Crippen molar-refractivity contribution in [3.05, 3.63) is 23.1 Å². The molecule has 0 fully saturated rings. The van der Waals surface area contributed by atoms with E-state index in [9.17, 15) is 33.7 Å². The molecule has 1 heterocycles. The summed E-state index contributed by atoms with van der Waals surface area (Å²) >= 11 is 0.667. The van der Waals surface area contributed by atoms with Gasteiger partial charge in [0.25, 0.3) is 0 Å². The molecule has 0 saturated carbocycles. The van der Waals surface area contributed by atoms with Gasteiger partial charge < -0.3 is 37.1 Å². The lowest BCUT2D eigenvalue weighted by Gasteiger charge is -2.21. The van der Waals surface area contributed by atoms with E-state index >= 15 is 0 Å². The minimum absolute atomic E-state index is 0.109. The molecule has 3 unspecified atom stereocenters. The van der Waals surface area contributed by atoms with E-state index in [1.807, 2.05) is 11.5 Å². The van der Waals surface area contributed by atoms with Crippen LogP contribution in [-0.2, 0) is 41.7 Å². The van der Waals surface area contributed by atoms with Crippen LogP contribution in [0.3, 0.4) is 0 Å². The molecule has 17 heteroatoms. The van der Waals surface area contributed by atoms with Gasteiger partial charge >= 0.3 is 11.9 Å². The summed E-state index contributed by atoms with van der Waals surface area (Å²) < 4.78 is 1.85. The Balaban J connectivity index is 3.00. The van der Waals surface area contributed by atoms with Crippen molar-refractivity contribution in [3.8, 4) is 0 Å². The van der Waals surface area contributed by atoms with Gasteiger partial charge in [-0.2, -0.15) is 0 Å². The van der Waals surface area contributed by atoms with Gasteiger partial charge in [-0.25, -0.2) is 4.98 Å². The number of carbonyl (C=O) groups excluding carboxylic acids is 5. The SMILES string of the molecule is CCCn1cncc1CC(NC(=O)CCCN)C(=O)SCC(NC(=O)CCC(N)C(=O)O)C(=O)NCC(=O)N=O. The Bertz CT molecular complexity index is 1050. The number of nitroso groups, excluding NO2 is 1. The second kappa shape index (κ2) is 18.6. The Morgan fingerprint density at radius 2 is 1.80 bits per heavy atom. The molecule has 4 amide bonds. The number of carboxylic acid groups (broad SMARTS) is 1. The number of thioether (sulfide) groups is 1. The van der Waals surface area contributed by atoms with Crippen LogP contribution in [0.15, 0.2) is 17.7 Å². The molecular weight excluding hydrogens is 548 g/mol. The summed E-state index contributed by atoms with van der Waals surface area (Å²) in [5.74, 6) is -4.74. The van der Waals surface area contributed by atoms with Gasteiger partial charge in [0.05, 0.1) is 6.33 Å². The van der Waals surface area contributed by atoms with Gasteiger partial charge in [-0.3, -0.25) is 28.8 Å². The normalized spacial score (nSPS) is 13.0. The van der Waals surface area contributed by atoms with Gasteiger partial charge in [-0.05, 0) is 25.8 Å². The molecule has 0 saturated heterocycles. The molecule has 0 spiro atoms. The minimum atomic E-state index is -1.35. The van der Waals surface area contributed by atoms with Crippen LogP contribution in [0.2, 0.25) is 0 Å². The van der Waals surface area contributed by atoms with E-state index in [1.54, 1.807) is 12.5 Å². The average Bonchev–Trinajstić information content (AvgIpc) is 3.36. The lowest BCUT2D eigenvalue weighted by molar-refractivity contribution is -0.139. The fourth-order valence-corrected chi connectivity index (χ4v) is 4.24. The highest BCUT2D eigenvalue weighted by Crippen LogP contribution is 2.14. The molecule has 1 aromatic rings. The van der Waals surface area contributed by atoms with E-state index in [1.165, 1.54) is 0 Å². The Kier molecular flexibility index (Phi) is 15.9. The fourth-order valence-electron chi connectivity index (χ4n) is 3.34. The first-order valence-corrected chi connectivity index (χ1v) is 13.6. The molecule has 1 rings (SSSR count). The van der Waals surface area contributed by atoms with Gasteiger partial charge in [0, 0.05) is 48.6 Å². The predicted octanol–water partition coefficient (Wildman–Crippen LogP) is -1.59. The lowest BCUT2D eigenvalue weighted by atomic mass is 10.1. The van der Waals surface area contributed by atoms with Crippen LogP contribution in [0.25, 0.3) is 0 Å². The highest BCUT2D eigenvalue weighted by atomic mass is 32.2. The number of aliphatic carboxylic acids is 1. The molecule has 3 atom stereocenters. The number of carboxylic acids is 1. The van der Waals surface area contributed by atoms with Gasteiger partial charge in [0.15, 0.2) is 0 Å². The number of carbonyl (C=O) groups is 6. The largest absolute Gasteiger partial charge is 0.480 e. The Morgan fingerprint density at radius 3 is 2.42 bits per heavy atom. The summed E-state index contributed by atoms with van der Waals surface area (Å²) in [5.41, 5.74) is 11.6. The predicted molar refractivity (Wildman–Crippen MR) is 144 cm³/mol. The number of hydrogen-bond donors (Lipinski definition) is 6. The molecule has 222 valence electrons. The molecule has 0 aliphatic carbocycles. The number of aryl methyl sites for hydroxylation is 1. The molecule has 1 aromatic heterocycles. The minimum Gasteiger partial charge on any atom is -0.480 e. The Hall–Kier alpha value is -3.70. The number of aromatic nitrogens is 2. The van der Waals surface area contributed by atoms with E-state index < -0.39 is 53.5 Å². The van der Waals surface area contributed by atoms with E-state index in [0.29, 0.717) is 37.0 Å². The number of nitrogens with two attached hydrogens (primary N) is 2. The topological polar surface area (TPSA) is 258 Å². The molecule has 40 heavy (non-hydrogen) atoms. The zero-order chi connectivity index (χ0) is 30.1. The van der Waals surface area contributed by atoms with Crippen molar-refractivity contribution < 1.29 is 33.9 Å². The van der Waals surface area contributed by atoms with Crippen LogP contribution in [-0.4, -0.2) is 86.3 Å². The van der Waals surface area contributed by atoms with E-state index in [-0.39, 0.29) is 37.3 Å². The van der Waals surface area contributed by atoms with Crippen LogP contribution < -0.4 is 27.4 Å². The summed E-state index contributed by atoms with van der Waals surface area (Å²) in [6, 6.07) is -3.63. The number of amides is 4. The van der Waals surface area contributed by atoms with Crippen molar-refractivity contribution >= 4 is 46.5 Å². The number of hydrogen-bond acceptors (Lipinski definition) is 11. The quantitative estimate of drug-likeness (QED) is 0.101. The molecule has 0 aromatic carbocycles. The highest BCUT2D eigenvalue weighted by Gasteiger charge is 2.28. The van der Waals surface area contributed by atoms with Gasteiger partial charge in [0.2, 0.25) is 22.8 Å². The summed E-state index contributed by atoms with van der Waals surface area (Å²) in [7, 11) is 0. The highest BCUT2D eigenvalue weighted by molar-refractivity contribution is 8.13. The zero-order valence-corrected chi connectivity index (χ0v) is 23.0. The van der Waals surface area contributed by atoms with Crippen molar-refractivity contribution in [2.24, 2.45) is 16.6 Å². The first-order chi connectivity index (χ1) is 19.0. The van der Waals surface area contributed by atoms with E-state index in [0.717, 1.165) is 6.42 Å². The van der Waals surface area contributed by atoms with Gasteiger partial charge in [-0.1, -0.05) is 18.7 Å². The number of imidazole rings is 1. The summed E-state index contributed by atoms with van der Waals surface area (Å²) in [5, 5.41) is 17.8. The average molecular weight is 585 g/mol. The molecular formula is C23H36N8O8S. The molecule has 0 aliphatic rings. The number of nitrogens with one attached hydrogen (secondary N) is 3. The van der Waals surface area contributed by atoms with Crippen molar-refractivity contribution in [2.75, 3.05) is 18.8 Å². The fraction of sp³-hybridized carbons (Fsp3) is 0.609. The van der Waals surface area contributed by atoms with Crippen molar-refractivity contribution in [3.63, 3.8) is 0 Å². The van der Waals surface area contributed by atoms with Gasteiger partial charge in [0.1, 0.15) is 24.7 Å². The molecule has 0 bridgehead atoms. The molecule has 8 N–H and O–H groups in total. The zero-order valence-electron chi connectivity index (χ0n) is 22.2. The number of nitrogens with zero attached hydrogens (tertiary/aromatic N) is 3. The second-order valence-electron chi connectivity index (χ2n) is 8.73. The third kappa shape index (κ3) is 12.9. The van der Waals surface area contributed by atoms with E-state index in [2.05, 4.69) is 26.1 Å². The van der Waals surface area contributed by atoms with Gasteiger partial charge in [-0.15, -0.1) is 4.91 Å². The van der Waals surface area contributed by atoms with Crippen molar-refractivity contribution in [2.45, 2.75) is 70.1 Å². The number of rotatable bonds is 19. The molecule has 0 aliphatic heterocycles. The Morgan fingerprint density at radius 1 is 1.12 bits per heavy atom. The maximum atomic E-state index is 13.2. The maximum absolute atomic E-state index is 13.2. The second-order valence-corrected chi connectivity index (χ2v) is 9.76. The Labute approximate surface area is 234 Å². The smallest absolute Gasteiger partial charge is 0.320 e. The first kappa shape index (κ1) is 34.3. The monoisotopic (exact) mass is 584 g/mol. The summed E-state index contributed by atoms with van der Waals surface area (Å²) in [6.07, 6.45) is 4.13. The molecule has 0 radical (unpaired) electrons. The third-order valence-electron chi connectivity index (χ3n) is 5.46. The lowest BCUT2D eigenvalue weighted by Crippen LogP contribution is -2.50. The standard InChI is InChI=1S/C23H36N8O8S/c1-2-8-31-13-26-10-14(31)9-16(28-18(32)4-3-7-24)23(38)40-12-17(21(35)27-11-20(34)30-39)29-19(33)6-5-15(25)22(36)37/h10,13,15-17H,2-9,11-12,24-25H2,1H3,(H,27,35)(H,28,32)(H,29,33)(H,36,37). The van der Waals surface area contributed by atoms with E-state index in [4.69, 9.17) is 16.6 Å². The maximum Gasteiger partial charge on any atom is 0.320 e. The summed E-state index contributed by atoms with van der Waals surface area (Å²) in [4.78, 5) is 87.2. The van der Waals surface area contributed by atoms with Crippen molar-refractivity contribution in [1.82, 2.24) is 25.5 Å². The van der Waals surface area contributed by atoms with Crippen LogP contribution in [0.5, 0.6) is 0 Å².